The second-order valence-electron chi connectivity index (χ2n) is 11.3. The Labute approximate surface area is 193 Å². The molecule has 178 valence electrons. The molecule has 2 N–H and O–H groups in total. The summed E-state index contributed by atoms with van der Waals surface area (Å²) in [6.45, 7) is 18.0. The first-order valence-electron chi connectivity index (χ1n) is 10.4. The van der Waals surface area contributed by atoms with Crippen LogP contribution in [0.5, 0.6) is 11.5 Å². The SMILES string of the molecule is CC(C)(C)CC(=O)Oc1ccc(C(O)CNC(C)(C)C)cc1OC(=O)CC(C)(C)C.Cl. The third-order valence-corrected chi connectivity index (χ3v) is 3.98. The Balaban J connectivity index is 0.00000900. The zero-order valence-corrected chi connectivity index (χ0v) is 21.2. The maximum Gasteiger partial charge on any atom is 0.311 e. The van der Waals surface area contributed by atoms with Crippen molar-refractivity contribution in [1.29, 1.82) is 0 Å². The van der Waals surface area contributed by atoms with Crippen molar-refractivity contribution < 1.29 is 24.2 Å². The quantitative estimate of drug-likeness (QED) is 0.431. The first-order valence-corrected chi connectivity index (χ1v) is 10.4. The minimum Gasteiger partial charge on any atom is -0.423 e. The number of β-amino-alcohol motifs (C(OH)–C–C–N with tert-alkyl or cyclic N) is 1. The highest BCUT2D eigenvalue weighted by molar-refractivity contribution is 5.85. The Morgan fingerprint density at radius 3 is 1.74 bits per heavy atom. The zero-order chi connectivity index (χ0) is 23.3. The summed E-state index contributed by atoms with van der Waals surface area (Å²) >= 11 is 0. The fourth-order valence-electron chi connectivity index (χ4n) is 2.60. The molecule has 6 nitrogen and oxygen atoms in total. The van der Waals surface area contributed by atoms with Gasteiger partial charge in [0.05, 0.1) is 18.9 Å². The van der Waals surface area contributed by atoms with Gasteiger partial charge in [0.15, 0.2) is 11.5 Å². The minimum absolute atomic E-state index is 0. The molecule has 0 aliphatic carbocycles. The van der Waals surface area contributed by atoms with E-state index in [0.29, 0.717) is 12.1 Å². The third-order valence-electron chi connectivity index (χ3n) is 3.98. The molecule has 0 saturated heterocycles. The van der Waals surface area contributed by atoms with Crippen LogP contribution < -0.4 is 14.8 Å². The lowest BCUT2D eigenvalue weighted by atomic mass is 9.92. The number of nitrogens with one attached hydrogen (secondary N) is 1. The number of hydrogen-bond donors (Lipinski definition) is 2. The lowest BCUT2D eigenvalue weighted by molar-refractivity contribution is -0.139. The molecule has 0 saturated carbocycles. The Morgan fingerprint density at radius 1 is 0.871 bits per heavy atom. The molecule has 0 heterocycles. The number of carbonyl (C=O) groups is 2. The van der Waals surface area contributed by atoms with Crippen LogP contribution in [0.2, 0.25) is 0 Å². The molecule has 7 heteroatoms. The van der Waals surface area contributed by atoms with E-state index in [1.54, 1.807) is 18.2 Å². The highest BCUT2D eigenvalue weighted by atomic mass is 35.5. The van der Waals surface area contributed by atoms with Crippen LogP contribution in [-0.2, 0) is 9.59 Å². The summed E-state index contributed by atoms with van der Waals surface area (Å²) in [5, 5.41) is 13.8. The van der Waals surface area contributed by atoms with Crippen LogP contribution in [0.15, 0.2) is 18.2 Å². The van der Waals surface area contributed by atoms with E-state index in [4.69, 9.17) is 9.47 Å². The molecule has 0 spiro atoms. The number of aliphatic hydroxyl groups is 1. The topological polar surface area (TPSA) is 84.9 Å². The normalized spacial score (nSPS) is 13.2. The molecule has 0 amide bonds. The van der Waals surface area contributed by atoms with Crippen molar-refractivity contribution in [2.45, 2.75) is 86.8 Å². The fourth-order valence-corrected chi connectivity index (χ4v) is 2.60. The van der Waals surface area contributed by atoms with Crippen LogP contribution in [0.25, 0.3) is 0 Å². The van der Waals surface area contributed by atoms with Gasteiger partial charge >= 0.3 is 11.9 Å². The number of ether oxygens (including phenoxy) is 2. The van der Waals surface area contributed by atoms with Crippen LogP contribution in [0, 0.1) is 10.8 Å². The van der Waals surface area contributed by atoms with E-state index < -0.39 is 18.0 Å². The number of benzene rings is 1. The van der Waals surface area contributed by atoms with Crippen molar-refractivity contribution >= 4 is 24.3 Å². The van der Waals surface area contributed by atoms with Crippen molar-refractivity contribution in [2.75, 3.05) is 6.54 Å². The van der Waals surface area contributed by atoms with E-state index in [0.717, 1.165) is 0 Å². The van der Waals surface area contributed by atoms with E-state index in [2.05, 4.69) is 5.32 Å². The highest BCUT2D eigenvalue weighted by Crippen LogP contribution is 2.33. The number of halogens is 1. The van der Waals surface area contributed by atoms with Crippen molar-refractivity contribution in [3.8, 4) is 11.5 Å². The summed E-state index contributed by atoms with van der Waals surface area (Å²) in [5.41, 5.74) is -0.0465. The third kappa shape index (κ3) is 12.7. The van der Waals surface area contributed by atoms with Crippen molar-refractivity contribution in [3.63, 3.8) is 0 Å². The maximum atomic E-state index is 12.4. The maximum absolute atomic E-state index is 12.4. The first kappa shape index (κ1) is 29.4. The molecule has 1 aromatic carbocycles. The van der Waals surface area contributed by atoms with Crippen LogP contribution >= 0.6 is 12.4 Å². The smallest absolute Gasteiger partial charge is 0.311 e. The van der Waals surface area contributed by atoms with Gasteiger partial charge in [0.1, 0.15) is 0 Å². The molecule has 0 bridgehead atoms. The molecular formula is C24H40ClNO5. The van der Waals surface area contributed by atoms with E-state index in [1.807, 2.05) is 62.3 Å². The monoisotopic (exact) mass is 457 g/mol. The molecule has 0 radical (unpaired) electrons. The Hall–Kier alpha value is -1.63. The van der Waals surface area contributed by atoms with Crippen LogP contribution in [-0.4, -0.2) is 29.1 Å². The molecule has 1 aromatic rings. The molecule has 1 unspecified atom stereocenters. The lowest BCUT2D eigenvalue weighted by Gasteiger charge is -2.23. The second-order valence-corrected chi connectivity index (χ2v) is 11.3. The van der Waals surface area contributed by atoms with Gasteiger partial charge in [-0.3, -0.25) is 9.59 Å². The summed E-state index contributed by atoms with van der Waals surface area (Å²) < 4.78 is 11.0. The van der Waals surface area contributed by atoms with E-state index in [-0.39, 0.29) is 53.1 Å². The summed E-state index contributed by atoms with van der Waals surface area (Å²) in [6, 6.07) is 4.81. The van der Waals surface area contributed by atoms with Gasteiger partial charge in [0.25, 0.3) is 0 Å². The summed E-state index contributed by atoms with van der Waals surface area (Å²) in [7, 11) is 0. The molecule has 31 heavy (non-hydrogen) atoms. The van der Waals surface area contributed by atoms with Crippen LogP contribution in [0.4, 0.5) is 0 Å². The minimum atomic E-state index is -0.802. The number of rotatable bonds is 7. The zero-order valence-electron chi connectivity index (χ0n) is 20.4. The molecule has 1 rings (SSSR count). The van der Waals surface area contributed by atoms with Gasteiger partial charge in [0.2, 0.25) is 0 Å². The van der Waals surface area contributed by atoms with Crippen LogP contribution in [0.3, 0.4) is 0 Å². The molecule has 1 atom stereocenters. The van der Waals surface area contributed by atoms with Crippen molar-refractivity contribution in [3.05, 3.63) is 23.8 Å². The fraction of sp³-hybridized carbons (Fsp3) is 0.667. The van der Waals surface area contributed by atoms with Crippen LogP contribution in [0.1, 0.15) is 86.8 Å². The Bertz CT molecular complexity index is 742. The number of esters is 2. The number of aliphatic hydroxyl groups excluding tert-OH is 1. The van der Waals surface area contributed by atoms with Gasteiger partial charge in [-0.15, -0.1) is 12.4 Å². The molecule has 0 aromatic heterocycles. The average molecular weight is 458 g/mol. The summed E-state index contributed by atoms with van der Waals surface area (Å²) in [4.78, 5) is 24.7. The van der Waals surface area contributed by atoms with E-state index in [9.17, 15) is 14.7 Å². The number of carbonyl (C=O) groups excluding carboxylic acids is 2. The largest absolute Gasteiger partial charge is 0.423 e. The van der Waals surface area contributed by atoms with Gasteiger partial charge in [-0.05, 0) is 49.3 Å². The van der Waals surface area contributed by atoms with Gasteiger partial charge in [0, 0.05) is 12.1 Å². The molecule has 0 aliphatic rings. The van der Waals surface area contributed by atoms with Crippen molar-refractivity contribution in [2.24, 2.45) is 10.8 Å². The van der Waals surface area contributed by atoms with Gasteiger partial charge < -0.3 is 19.9 Å². The summed E-state index contributed by atoms with van der Waals surface area (Å²) in [6.07, 6.45) is -0.369. The highest BCUT2D eigenvalue weighted by Gasteiger charge is 2.23. The molecular weight excluding hydrogens is 418 g/mol. The van der Waals surface area contributed by atoms with Gasteiger partial charge in [-0.2, -0.15) is 0 Å². The predicted octanol–water partition coefficient (Wildman–Crippen LogP) is 5.21. The Morgan fingerprint density at radius 2 is 1.32 bits per heavy atom. The van der Waals surface area contributed by atoms with Gasteiger partial charge in [-0.1, -0.05) is 47.6 Å². The first-order chi connectivity index (χ1) is 13.5. The summed E-state index contributed by atoms with van der Waals surface area (Å²) in [5.74, 6) is -0.515. The lowest BCUT2D eigenvalue weighted by Crippen LogP contribution is -2.38. The van der Waals surface area contributed by atoms with Crippen molar-refractivity contribution in [1.82, 2.24) is 5.32 Å². The van der Waals surface area contributed by atoms with E-state index in [1.165, 1.54) is 0 Å². The molecule has 0 aliphatic heterocycles. The number of hydrogen-bond acceptors (Lipinski definition) is 6. The molecule has 0 fully saturated rings. The predicted molar refractivity (Wildman–Crippen MR) is 126 cm³/mol. The van der Waals surface area contributed by atoms with E-state index >= 15 is 0 Å². The standard InChI is InChI=1S/C24H39NO5.ClH/c1-22(2,3)13-20(27)29-18-11-10-16(17(26)15-25-24(7,8)9)12-19(18)30-21(28)14-23(4,5)6;/h10-12,17,25-26H,13-15H2,1-9H3;1H. The van der Waals surface area contributed by atoms with Gasteiger partial charge in [-0.25, -0.2) is 0 Å². The average Bonchev–Trinajstić information content (AvgIpc) is 2.49. The second kappa shape index (κ2) is 11.3. The Kier molecular flexibility index (Phi) is 10.7.